The summed E-state index contributed by atoms with van der Waals surface area (Å²) in [6.07, 6.45) is 0.863. The molecule has 7 nitrogen and oxygen atoms in total. The standard InChI is InChI=1S/C33H32Cl2FN3O4S/c1-2-19-37-33(41)31(21-24-9-5-3-6-10-24)38(22-25-13-18-29(34)30(35)20-25)32(40)23-39(27-11-7-4-8-12-27)44(42,43)28-16-14-26(36)15-17-28/h3-18,20,31H,2,19,21-23H2,1H3,(H,37,41)/t31-/m0/s1. The molecule has 230 valence electrons. The normalized spacial score (nSPS) is 11.9. The number of anilines is 1. The van der Waals surface area contributed by atoms with Crippen molar-refractivity contribution in [3.63, 3.8) is 0 Å². The SMILES string of the molecule is CCCNC(=O)[C@H](Cc1ccccc1)N(Cc1ccc(Cl)c(Cl)c1)C(=O)CN(c1ccccc1)S(=O)(=O)c1ccc(F)cc1. The summed E-state index contributed by atoms with van der Waals surface area (Å²) in [7, 11) is -4.32. The van der Waals surface area contributed by atoms with Crippen LogP contribution in [0, 0.1) is 5.82 Å². The molecule has 0 unspecified atom stereocenters. The molecule has 0 radical (unpaired) electrons. The maximum absolute atomic E-state index is 14.3. The first-order valence-corrected chi connectivity index (χ1v) is 16.2. The van der Waals surface area contributed by atoms with Crippen LogP contribution in [0.15, 0.2) is 108 Å². The van der Waals surface area contributed by atoms with Crippen LogP contribution in [0.3, 0.4) is 0 Å². The Morgan fingerprint density at radius 1 is 0.841 bits per heavy atom. The van der Waals surface area contributed by atoms with Crippen molar-refractivity contribution < 1.29 is 22.4 Å². The summed E-state index contributed by atoms with van der Waals surface area (Å²) in [6.45, 7) is 1.64. The third-order valence-electron chi connectivity index (χ3n) is 6.88. The fourth-order valence-electron chi connectivity index (χ4n) is 4.61. The van der Waals surface area contributed by atoms with Crippen LogP contribution in [0.1, 0.15) is 24.5 Å². The first-order valence-electron chi connectivity index (χ1n) is 14.0. The third kappa shape index (κ3) is 8.37. The van der Waals surface area contributed by atoms with Crippen molar-refractivity contribution in [3.05, 3.63) is 130 Å². The minimum Gasteiger partial charge on any atom is -0.354 e. The van der Waals surface area contributed by atoms with E-state index in [0.717, 1.165) is 34.1 Å². The summed E-state index contributed by atoms with van der Waals surface area (Å²) in [5.74, 6) is -1.60. The van der Waals surface area contributed by atoms with Gasteiger partial charge in [-0.15, -0.1) is 0 Å². The summed E-state index contributed by atoms with van der Waals surface area (Å²) in [6, 6.07) is 25.7. The van der Waals surface area contributed by atoms with Crippen LogP contribution < -0.4 is 9.62 Å². The Bertz CT molecular complexity index is 1670. The van der Waals surface area contributed by atoms with Crippen LogP contribution in [0.25, 0.3) is 0 Å². The summed E-state index contributed by atoms with van der Waals surface area (Å²) in [5, 5.41) is 3.50. The zero-order valence-corrected chi connectivity index (χ0v) is 26.3. The summed E-state index contributed by atoms with van der Waals surface area (Å²) < 4.78 is 42.4. The van der Waals surface area contributed by atoms with Gasteiger partial charge in [0.1, 0.15) is 18.4 Å². The largest absolute Gasteiger partial charge is 0.354 e. The molecule has 0 heterocycles. The van der Waals surface area contributed by atoms with E-state index in [9.17, 15) is 22.4 Å². The second kappa shape index (κ2) is 15.2. The Morgan fingerprint density at radius 3 is 2.09 bits per heavy atom. The number of amides is 2. The van der Waals surface area contributed by atoms with Gasteiger partial charge < -0.3 is 10.2 Å². The molecule has 0 aliphatic carbocycles. The molecule has 4 aromatic carbocycles. The Hall–Kier alpha value is -3.92. The molecule has 1 atom stereocenters. The fourth-order valence-corrected chi connectivity index (χ4v) is 6.35. The number of halogens is 3. The highest BCUT2D eigenvalue weighted by atomic mass is 35.5. The van der Waals surface area contributed by atoms with Gasteiger partial charge in [-0.2, -0.15) is 0 Å². The van der Waals surface area contributed by atoms with Crippen LogP contribution in [0.4, 0.5) is 10.1 Å². The van der Waals surface area contributed by atoms with E-state index in [0.29, 0.717) is 23.6 Å². The number of hydrogen-bond donors (Lipinski definition) is 1. The van der Waals surface area contributed by atoms with Crippen molar-refractivity contribution >= 4 is 50.7 Å². The van der Waals surface area contributed by atoms with E-state index < -0.39 is 34.3 Å². The Labute approximate surface area is 267 Å². The van der Waals surface area contributed by atoms with Crippen LogP contribution in [0.2, 0.25) is 10.0 Å². The quantitative estimate of drug-likeness (QED) is 0.178. The van der Waals surface area contributed by atoms with Gasteiger partial charge in [0, 0.05) is 19.5 Å². The minimum atomic E-state index is -4.32. The molecule has 0 saturated heterocycles. The number of benzene rings is 4. The van der Waals surface area contributed by atoms with Gasteiger partial charge in [0.2, 0.25) is 11.8 Å². The average Bonchev–Trinajstić information content (AvgIpc) is 3.03. The molecule has 0 aromatic heterocycles. The highest BCUT2D eigenvalue weighted by Crippen LogP contribution is 2.27. The van der Waals surface area contributed by atoms with Crippen LogP contribution in [-0.2, 0) is 32.6 Å². The van der Waals surface area contributed by atoms with Gasteiger partial charge in [0.15, 0.2) is 0 Å². The molecule has 44 heavy (non-hydrogen) atoms. The molecule has 0 aliphatic rings. The van der Waals surface area contributed by atoms with Crippen molar-refractivity contribution in [1.82, 2.24) is 10.2 Å². The van der Waals surface area contributed by atoms with E-state index in [1.54, 1.807) is 48.5 Å². The predicted molar refractivity (Wildman–Crippen MR) is 172 cm³/mol. The van der Waals surface area contributed by atoms with Gasteiger partial charge in [-0.05, 0) is 66.1 Å². The van der Waals surface area contributed by atoms with Gasteiger partial charge in [0.05, 0.1) is 20.6 Å². The molecule has 11 heteroatoms. The van der Waals surface area contributed by atoms with E-state index in [1.165, 1.54) is 4.90 Å². The Morgan fingerprint density at radius 2 is 1.48 bits per heavy atom. The smallest absolute Gasteiger partial charge is 0.264 e. The van der Waals surface area contributed by atoms with E-state index in [1.807, 2.05) is 37.3 Å². The van der Waals surface area contributed by atoms with Gasteiger partial charge >= 0.3 is 0 Å². The van der Waals surface area contributed by atoms with E-state index in [-0.39, 0.29) is 34.5 Å². The van der Waals surface area contributed by atoms with E-state index >= 15 is 0 Å². The van der Waals surface area contributed by atoms with Gasteiger partial charge in [-0.1, -0.05) is 84.7 Å². The lowest BCUT2D eigenvalue weighted by atomic mass is 10.0. The maximum atomic E-state index is 14.3. The Kier molecular flexibility index (Phi) is 11.4. The molecule has 4 aromatic rings. The van der Waals surface area contributed by atoms with E-state index in [4.69, 9.17) is 23.2 Å². The lowest BCUT2D eigenvalue weighted by molar-refractivity contribution is -0.140. The van der Waals surface area contributed by atoms with Crippen LogP contribution >= 0.6 is 23.2 Å². The minimum absolute atomic E-state index is 0.0496. The number of hydrogen-bond acceptors (Lipinski definition) is 4. The second-order valence-corrected chi connectivity index (χ2v) is 12.7. The van der Waals surface area contributed by atoms with Gasteiger partial charge in [-0.3, -0.25) is 13.9 Å². The monoisotopic (exact) mass is 655 g/mol. The summed E-state index contributed by atoms with van der Waals surface area (Å²) >= 11 is 12.4. The molecule has 1 N–H and O–H groups in total. The third-order valence-corrected chi connectivity index (χ3v) is 9.41. The number of carbonyl (C=O) groups is 2. The highest BCUT2D eigenvalue weighted by molar-refractivity contribution is 7.92. The first kappa shape index (κ1) is 33.0. The number of sulfonamides is 1. The second-order valence-electron chi connectivity index (χ2n) is 10.1. The maximum Gasteiger partial charge on any atom is 0.264 e. The average molecular weight is 657 g/mol. The molecule has 2 amide bonds. The van der Waals surface area contributed by atoms with Crippen molar-refractivity contribution in [2.45, 2.75) is 37.2 Å². The highest BCUT2D eigenvalue weighted by Gasteiger charge is 2.34. The number of nitrogens with zero attached hydrogens (tertiary/aromatic N) is 2. The van der Waals surface area contributed by atoms with E-state index in [2.05, 4.69) is 5.32 Å². The van der Waals surface area contributed by atoms with Gasteiger partial charge in [-0.25, -0.2) is 12.8 Å². The molecule has 4 rings (SSSR count). The van der Waals surface area contributed by atoms with Crippen molar-refractivity contribution in [3.8, 4) is 0 Å². The van der Waals surface area contributed by atoms with Crippen molar-refractivity contribution in [2.75, 3.05) is 17.4 Å². The van der Waals surface area contributed by atoms with Crippen LogP contribution in [-0.4, -0.2) is 44.3 Å². The summed E-state index contributed by atoms with van der Waals surface area (Å²) in [4.78, 5) is 29.2. The lowest BCUT2D eigenvalue weighted by Crippen LogP contribution is -2.53. The molecule has 0 saturated carbocycles. The summed E-state index contributed by atoms with van der Waals surface area (Å²) in [5.41, 5.74) is 1.64. The molecule has 0 spiro atoms. The molecule has 0 bridgehead atoms. The first-order chi connectivity index (χ1) is 21.1. The van der Waals surface area contributed by atoms with Crippen molar-refractivity contribution in [2.24, 2.45) is 0 Å². The number of para-hydroxylation sites is 1. The fraction of sp³-hybridized carbons (Fsp3) is 0.212. The van der Waals surface area contributed by atoms with Crippen LogP contribution in [0.5, 0.6) is 0 Å². The number of carbonyl (C=O) groups excluding carboxylic acids is 2. The zero-order valence-electron chi connectivity index (χ0n) is 24.0. The zero-order chi connectivity index (χ0) is 31.7. The molecule has 0 aliphatic heterocycles. The number of rotatable bonds is 13. The Balaban J connectivity index is 1.79. The number of nitrogens with one attached hydrogen (secondary N) is 1. The molecular weight excluding hydrogens is 624 g/mol. The molecule has 0 fully saturated rings. The van der Waals surface area contributed by atoms with Gasteiger partial charge in [0.25, 0.3) is 10.0 Å². The topological polar surface area (TPSA) is 86.8 Å². The predicted octanol–water partition coefficient (Wildman–Crippen LogP) is 6.49. The van der Waals surface area contributed by atoms with Crippen molar-refractivity contribution in [1.29, 1.82) is 0 Å². The lowest BCUT2D eigenvalue weighted by Gasteiger charge is -2.34. The molecular formula is C33H32Cl2FN3O4S.